The molecule has 4 aromatic carbocycles. The fourth-order valence-electron chi connectivity index (χ4n) is 8.60. The highest BCUT2D eigenvalue weighted by molar-refractivity contribution is 5.98. The van der Waals surface area contributed by atoms with Crippen LogP contribution in [0.4, 0.5) is 34.1 Å². The van der Waals surface area contributed by atoms with Gasteiger partial charge in [0.25, 0.3) is 0 Å². The number of unbranched alkanes of at least 4 members (excludes halogenated alkanes) is 9. The first-order chi connectivity index (χ1) is 46.4. The normalized spacial score (nSPS) is 12.0. The van der Waals surface area contributed by atoms with Gasteiger partial charge in [0.1, 0.15) is 48.9 Å². The lowest BCUT2D eigenvalue weighted by atomic mass is 10.1. The SMILES string of the molecule is N=C(N)Nc1ccc(C(=O)Oc2ccc(COC(=O)N[C@@H](CC(=O)O)C(=O)N[C@@H](CC(=O)O)C(=O)NCCCCCCCCCCCCNC(=O)[C@H](CC(=O)O)NC(=O)[C@H](CC(=O)OC(=O)C(F)(F)F)NC(=O)OCc3ccc(OC(=O)c4ccc(NC(=N)N)cc4)cc3)cc2)cc1. The van der Waals surface area contributed by atoms with E-state index in [0.717, 1.165) is 38.5 Å². The Kier molecular flexibility index (Phi) is 32.4. The summed E-state index contributed by atoms with van der Waals surface area (Å²) in [4.78, 5) is 162. The number of alkyl halides is 3. The lowest BCUT2D eigenvalue weighted by Crippen LogP contribution is -2.55. The molecule has 0 aliphatic heterocycles. The molecule has 4 aromatic rings. The predicted octanol–water partition coefficient (Wildman–Crippen LogP) is 4.17. The number of carboxylic acids is 3. The number of carbonyl (C=O) groups is 13. The minimum absolute atomic E-state index is 0.00775. The van der Waals surface area contributed by atoms with Crippen LogP contribution in [-0.2, 0) is 70.6 Å². The van der Waals surface area contributed by atoms with Gasteiger partial charge in [0.05, 0.1) is 36.8 Å². The van der Waals surface area contributed by atoms with Crippen LogP contribution >= 0.6 is 0 Å². The second kappa shape index (κ2) is 40.4. The predicted molar refractivity (Wildman–Crippen MR) is 336 cm³/mol. The van der Waals surface area contributed by atoms with Crippen LogP contribution in [0.2, 0.25) is 0 Å². The minimum Gasteiger partial charge on any atom is -0.481 e. The summed E-state index contributed by atoms with van der Waals surface area (Å²) < 4.78 is 63.2. The molecule has 4 rings (SSSR count). The quantitative estimate of drug-likeness (QED) is 0.00567. The number of nitrogens with one attached hydrogen (secondary N) is 10. The van der Waals surface area contributed by atoms with E-state index in [1.54, 1.807) is 0 Å². The highest BCUT2D eigenvalue weighted by Crippen LogP contribution is 2.21. The zero-order valence-corrected chi connectivity index (χ0v) is 52.3. The van der Waals surface area contributed by atoms with E-state index in [1.807, 2.05) is 10.6 Å². The van der Waals surface area contributed by atoms with E-state index in [4.69, 9.17) is 41.2 Å². The number of ether oxygens (including phenoxy) is 5. The molecule has 0 unspecified atom stereocenters. The largest absolute Gasteiger partial charge is 0.491 e. The standard InChI is InChI=1S/C62H73F3N12O21/c63-62(64,65)57(91)98-50(84)32-46(77-61(93)95-34-36-13-25-42(26-14-36)97-56(90)38-17-21-40(22-18-38)73-59(68)69)54(88)75-44(30-48(80)81)52(86)71-28-10-8-6-4-2-1-3-5-7-9-27-70-51(85)43(29-47(78)79)74-53(87)45(31-49(82)83)76-60(92)94-33-35-11-23-41(24-12-35)96-55(89)37-15-19-39(20-16-37)72-58(66)67/h11-26,43-46H,1-10,27-34H2,(H,70,85)(H,71,86)(H,74,87)(H,75,88)(H,76,92)(H,77,93)(H,78,79)(H,80,81)(H,82,83)(H4,66,67,72)(H4,68,69,73)/t43-,44-,45-,46-/m0/s1. The van der Waals surface area contributed by atoms with Gasteiger partial charge in [-0.05, 0) is 96.8 Å². The van der Waals surface area contributed by atoms with E-state index in [-0.39, 0.29) is 59.8 Å². The van der Waals surface area contributed by atoms with E-state index >= 15 is 0 Å². The molecule has 0 saturated heterocycles. The highest BCUT2D eigenvalue weighted by Gasteiger charge is 2.43. The molecule has 4 atom stereocenters. The van der Waals surface area contributed by atoms with E-state index in [2.05, 4.69) is 36.6 Å². The van der Waals surface area contributed by atoms with Gasteiger partial charge < -0.3 is 93.0 Å². The number of hydrogen-bond acceptors (Lipinski definition) is 20. The van der Waals surface area contributed by atoms with Crippen LogP contribution in [0.3, 0.4) is 0 Å². The molecule has 0 spiro atoms. The van der Waals surface area contributed by atoms with Gasteiger partial charge in [-0.1, -0.05) is 75.6 Å². The molecule has 17 N–H and O–H groups in total. The number of rotatable bonds is 39. The van der Waals surface area contributed by atoms with Gasteiger partial charge in [0, 0.05) is 24.5 Å². The molecule has 0 heterocycles. The number of guanidine groups is 2. The molecule has 36 heteroatoms. The first-order valence-corrected chi connectivity index (χ1v) is 30.0. The molecule has 0 radical (unpaired) electrons. The average Bonchev–Trinajstić information content (AvgIpc) is 0.907. The summed E-state index contributed by atoms with van der Waals surface area (Å²) in [7, 11) is 0. The molecule has 528 valence electrons. The molecule has 98 heavy (non-hydrogen) atoms. The summed E-state index contributed by atoms with van der Waals surface area (Å²) >= 11 is 0. The number of alkyl carbamates (subject to hydrolysis) is 2. The summed E-state index contributed by atoms with van der Waals surface area (Å²) in [5.74, 6) is -15.8. The molecule has 0 aliphatic rings. The second-order valence-electron chi connectivity index (χ2n) is 21.3. The molecular weight excluding hydrogens is 1310 g/mol. The number of esters is 4. The molecule has 0 fully saturated rings. The maximum absolute atomic E-state index is 13.4. The van der Waals surface area contributed by atoms with Crippen LogP contribution < -0.4 is 63.5 Å². The summed E-state index contributed by atoms with van der Waals surface area (Å²) in [5, 5.41) is 61.4. The average molecular weight is 1380 g/mol. The fraction of sp³-hybridized carbons (Fsp3) is 0.371. The van der Waals surface area contributed by atoms with Crippen molar-refractivity contribution < 1.29 is 115 Å². The summed E-state index contributed by atoms with van der Waals surface area (Å²) in [6, 6.07) is 15.4. The third kappa shape index (κ3) is 30.9. The fourth-order valence-corrected chi connectivity index (χ4v) is 8.60. The van der Waals surface area contributed by atoms with E-state index in [0.29, 0.717) is 42.6 Å². The van der Waals surface area contributed by atoms with Crippen LogP contribution in [0.1, 0.15) is 122 Å². The third-order valence-electron chi connectivity index (χ3n) is 13.4. The van der Waals surface area contributed by atoms with Gasteiger partial charge in [-0.3, -0.25) is 49.2 Å². The number of carbonyl (C=O) groups excluding carboxylic acids is 10. The Morgan fingerprint density at radius 2 is 0.745 bits per heavy atom. The van der Waals surface area contributed by atoms with Crippen molar-refractivity contribution >= 4 is 101 Å². The Morgan fingerprint density at radius 1 is 0.429 bits per heavy atom. The maximum atomic E-state index is 13.4. The molecule has 0 aliphatic carbocycles. The number of halogens is 3. The number of benzene rings is 4. The number of carboxylic acid groups (broad SMARTS) is 3. The van der Waals surface area contributed by atoms with Crippen LogP contribution in [0.15, 0.2) is 97.1 Å². The smallest absolute Gasteiger partial charge is 0.481 e. The highest BCUT2D eigenvalue weighted by atomic mass is 19.4. The van der Waals surface area contributed by atoms with E-state index in [1.165, 1.54) is 97.1 Å². The topological polar surface area (TPSA) is 525 Å². The van der Waals surface area contributed by atoms with Crippen LogP contribution in [0.25, 0.3) is 0 Å². The summed E-state index contributed by atoms with van der Waals surface area (Å²) in [5.41, 5.74) is 12.5. The number of nitrogens with two attached hydrogens (primary N) is 2. The van der Waals surface area contributed by atoms with Gasteiger partial charge in [-0.15, -0.1) is 0 Å². The van der Waals surface area contributed by atoms with Crippen molar-refractivity contribution in [2.24, 2.45) is 11.5 Å². The van der Waals surface area contributed by atoms with Crippen molar-refractivity contribution in [2.45, 2.75) is 133 Å². The molecule has 0 bridgehead atoms. The van der Waals surface area contributed by atoms with Gasteiger partial charge in [0.15, 0.2) is 11.9 Å². The third-order valence-corrected chi connectivity index (χ3v) is 13.4. The van der Waals surface area contributed by atoms with Gasteiger partial charge in [-0.25, -0.2) is 24.0 Å². The van der Waals surface area contributed by atoms with E-state index < -0.39 is 140 Å². The summed E-state index contributed by atoms with van der Waals surface area (Å²) in [6.07, 6.45) is -5.73. The van der Waals surface area contributed by atoms with Crippen LogP contribution in [0.5, 0.6) is 11.5 Å². The molecule has 0 aromatic heterocycles. The first-order valence-electron chi connectivity index (χ1n) is 30.0. The van der Waals surface area contributed by atoms with Gasteiger partial charge in [0.2, 0.25) is 23.6 Å². The van der Waals surface area contributed by atoms with Crippen molar-refractivity contribution in [3.63, 3.8) is 0 Å². The Morgan fingerprint density at radius 3 is 1.06 bits per heavy atom. The van der Waals surface area contributed by atoms with Crippen molar-refractivity contribution in [1.82, 2.24) is 31.9 Å². The number of anilines is 2. The minimum atomic E-state index is -5.63. The van der Waals surface area contributed by atoms with Crippen LogP contribution in [-0.4, -0.2) is 148 Å². The Bertz CT molecular complexity index is 3470. The van der Waals surface area contributed by atoms with Gasteiger partial charge >= 0.3 is 60.1 Å². The number of aliphatic carboxylic acids is 3. The Balaban J connectivity index is 1.14. The number of hydrogen-bond donors (Lipinski definition) is 15. The monoisotopic (exact) mass is 1380 g/mol. The van der Waals surface area contributed by atoms with Crippen molar-refractivity contribution in [1.29, 1.82) is 10.8 Å². The first kappa shape index (κ1) is 78.6. The lowest BCUT2D eigenvalue weighted by molar-refractivity contribution is -0.202. The van der Waals surface area contributed by atoms with Crippen molar-refractivity contribution in [2.75, 3.05) is 23.7 Å². The number of amides is 6. The Hall–Kier alpha value is -11.9. The van der Waals surface area contributed by atoms with Crippen molar-refractivity contribution in [3.05, 3.63) is 119 Å². The molecule has 0 saturated carbocycles. The van der Waals surface area contributed by atoms with Crippen molar-refractivity contribution in [3.8, 4) is 11.5 Å². The summed E-state index contributed by atoms with van der Waals surface area (Å²) in [6.45, 7) is -0.810. The Labute approximate surface area is 555 Å². The second-order valence-corrected chi connectivity index (χ2v) is 21.3. The lowest BCUT2D eigenvalue weighted by Gasteiger charge is -2.22. The molecular formula is C62H73F3N12O21. The van der Waals surface area contributed by atoms with Gasteiger partial charge in [-0.2, -0.15) is 13.2 Å². The molecule has 33 nitrogen and oxygen atoms in total. The van der Waals surface area contributed by atoms with Crippen LogP contribution in [0, 0.1) is 10.8 Å². The molecule has 6 amide bonds. The van der Waals surface area contributed by atoms with E-state index in [9.17, 15) is 90.8 Å². The zero-order valence-electron chi connectivity index (χ0n) is 52.3. The maximum Gasteiger partial charge on any atom is 0.491 e. The zero-order chi connectivity index (χ0) is 72.3.